The smallest absolute Gasteiger partial charge is 0.142 e. The molecular weight excluding hydrogens is 269 g/mol. The number of nitrogens with two attached hydrogens (primary N) is 1. The number of nitrogens with zero attached hydrogens (tertiary/aromatic N) is 2. The molecule has 0 saturated heterocycles. The number of hydrogen-bond donors (Lipinski definition) is 1. The van der Waals surface area contributed by atoms with Crippen molar-refractivity contribution in [3.63, 3.8) is 0 Å². The molecule has 21 heavy (non-hydrogen) atoms. The van der Waals surface area contributed by atoms with Crippen molar-refractivity contribution >= 4 is 5.82 Å². The van der Waals surface area contributed by atoms with Crippen molar-refractivity contribution in [2.24, 2.45) is 0 Å². The number of hydrogen-bond acceptors (Lipinski definition) is 4. The van der Waals surface area contributed by atoms with E-state index in [9.17, 15) is 4.39 Å². The molecule has 110 valence electrons. The van der Waals surface area contributed by atoms with E-state index in [1.54, 1.807) is 13.3 Å². The average Bonchev–Trinajstić information content (AvgIpc) is 2.50. The summed E-state index contributed by atoms with van der Waals surface area (Å²) in [4.78, 5) is 6.48. The number of pyridine rings is 1. The maximum Gasteiger partial charge on any atom is 0.142 e. The Morgan fingerprint density at radius 3 is 2.76 bits per heavy atom. The number of anilines is 1. The molecule has 0 fully saturated rings. The zero-order valence-corrected chi connectivity index (χ0v) is 12.0. The summed E-state index contributed by atoms with van der Waals surface area (Å²) in [7, 11) is 1.65. The number of benzene rings is 1. The van der Waals surface area contributed by atoms with Crippen molar-refractivity contribution in [1.82, 2.24) is 9.88 Å². The van der Waals surface area contributed by atoms with E-state index in [0.29, 0.717) is 5.82 Å². The topological polar surface area (TPSA) is 51.4 Å². The number of methoxy groups -OCH3 is 1. The quantitative estimate of drug-likeness (QED) is 0.941. The summed E-state index contributed by atoms with van der Waals surface area (Å²) in [5.41, 5.74) is 9.25. The first-order chi connectivity index (χ1) is 10.2. The summed E-state index contributed by atoms with van der Waals surface area (Å²) in [6.07, 6.45) is 2.53. The van der Waals surface area contributed by atoms with Crippen molar-refractivity contribution in [1.29, 1.82) is 0 Å². The van der Waals surface area contributed by atoms with Crippen LogP contribution in [0.15, 0.2) is 30.5 Å². The summed E-state index contributed by atoms with van der Waals surface area (Å²) in [5, 5.41) is 0. The number of aromatic nitrogens is 1. The predicted octanol–water partition coefficient (Wildman–Crippen LogP) is 2.37. The Kier molecular flexibility index (Phi) is 3.75. The first-order valence-electron chi connectivity index (χ1n) is 6.94. The molecular formula is C16H18FN3O. The van der Waals surface area contributed by atoms with Crippen LogP contribution in [0.3, 0.4) is 0 Å². The van der Waals surface area contributed by atoms with Gasteiger partial charge in [0, 0.05) is 30.8 Å². The Bertz CT molecular complexity index is 643. The highest BCUT2D eigenvalue weighted by molar-refractivity contribution is 5.51. The fraction of sp³-hybridized carbons (Fsp3) is 0.312. The van der Waals surface area contributed by atoms with Crippen LogP contribution < -0.4 is 10.5 Å². The molecule has 0 radical (unpaired) electrons. The SMILES string of the molecule is COc1cnc(N)c2c1CN(Cc1ccc(F)cc1)CC2. The highest BCUT2D eigenvalue weighted by atomic mass is 19.1. The Hall–Kier alpha value is -2.14. The van der Waals surface area contributed by atoms with E-state index >= 15 is 0 Å². The van der Waals surface area contributed by atoms with E-state index in [2.05, 4.69) is 9.88 Å². The third-order valence-corrected chi connectivity index (χ3v) is 3.89. The summed E-state index contributed by atoms with van der Waals surface area (Å²) in [6.45, 7) is 2.46. The summed E-state index contributed by atoms with van der Waals surface area (Å²) >= 11 is 0. The lowest BCUT2D eigenvalue weighted by molar-refractivity contribution is 0.240. The standard InChI is InChI=1S/C16H18FN3O/c1-21-15-8-19-16(18)13-6-7-20(10-14(13)15)9-11-2-4-12(17)5-3-11/h2-5,8H,6-7,9-10H2,1H3,(H2,18,19). The highest BCUT2D eigenvalue weighted by Gasteiger charge is 2.22. The molecule has 0 amide bonds. The first-order valence-corrected chi connectivity index (χ1v) is 6.94. The zero-order valence-electron chi connectivity index (χ0n) is 12.0. The molecule has 0 spiro atoms. The van der Waals surface area contributed by atoms with Gasteiger partial charge in [-0.25, -0.2) is 9.37 Å². The molecule has 2 heterocycles. The Labute approximate surface area is 123 Å². The van der Waals surface area contributed by atoms with Gasteiger partial charge in [-0.2, -0.15) is 0 Å². The fourth-order valence-electron chi connectivity index (χ4n) is 2.77. The molecule has 1 aromatic carbocycles. The molecule has 3 rings (SSSR count). The number of fused-ring (bicyclic) bond motifs is 1. The van der Waals surface area contributed by atoms with Gasteiger partial charge in [0.25, 0.3) is 0 Å². The molecule has 0 bridgehead atoms. The molecule has 5 heteroatoms. The van der Waals surface area contributed by atoms with Crippen LogP contribution in [0.2, 0.25) is 0 Å². The van der Waals surface area contributed by atoms with E-state index < -0.39 is 0 Å². The Balaban J connectivity index is 1.80. The second kappa shape index (κ2) is 5.69. The molecule has 1 aliphatic rings. The van der Waals surface area contributed by atoms with Gasteiger partial charge in [-0.05, 0) is 24.1 Å². The Morgan fingerprint density at radius 1 is 1.29 bits per heavy atom. The minimum Gasteiger partial charge on any atom is -0.495 e. The number of halogens is 1. The van der Waals surface area contributed by atoms with Crippen LogP contribution in [-0.4, -0.2) is 23.5 Å². The van der Waals surface area contributed by atoms with Gasteiger partial charge < -0.3 is 10.5 Å². The lowest BCUT2D eigenvalue weighted by Gasteiger charge is -2.30. The summed E-state index contributed by atoms with van der Waals surface area (Å²) in [6, 6.07) is 6.64. The van der Waals surface area contributed by atoms with Crippen LogP contribution >= 0.6 is 0 Å². The van der Waals surface area contributed by atoms with Crippen LogP contribution in [0.5, 0.6) is 5.75 Å². The third-order valence-electron chi connectivity index (χ3n) is 3.89. The van der Waals surface area contributed by atoms with E-state index in [1.165, 1.54) is 12.1 Å². The van der Waals surface area contributed by atoms with Crippen molar-refractivity contribution < 1.29 is 9.13 Å². The van der Waals surface area contributed by atoms with Gasteiger partial charge in [0.1, 0.15) is 17.4 Å². The molecule has 0 unspecified atom stereocenters. The molecule has 2 N–H and O–H groups in total. The largest absolute Gasteiger partial charge is 0.495 e. The molecule has 0 aliphatic carbocycles. The molecule has 1 aromatic heterocycles. The zero-order chi connectivity index (χ0) is 14.8. The van der Waals surface area contributed by atoms with E-state index in [4.69, 9.17) is 10.5 Å². The van der Waals surface area contributed by atoms with Gasteiger partial charge >= 0.3 is 0 Å². The van der Waals surface area contributed by atoms with Crippen LogP contribution in [-0.2, 0) is 19.5 Å². The lowest BCUT2D eigenvalue weighted by Crippen LogP contribution is -2.31. The summed E-state index contributed by atoms with van der Waals surface area (Å²) < 4.78 is 18.3. The van der Waals surface area contributed by atoms with Gasteiger partial charge in [0.2, 0.25) is 0 Å². The second-order valence-corrected chi connectivity index (χ2v) is 5.26. The number of nitrogen functional groups attached to an aromatic ring is 1. The predicted molar refractivity (Wildman–Crippen MR) is 79.4 cm³/mol. The van der Waals surface area contributed by atoms with Gasteiger partial charge in [0.05, 0.1) is 13.3 Å². The molecule has 1 aliphatic heterocycles. The third kappa shape index (κ3) is 2.83. The van der Waals surface area contributed by atoms with Crippen molar-refractivity contribution in [2.75, 3.05) is 19.4 Å². The lowest BCUT2D eigenvalue weighted by atomic mass is 9.99. The maximum absolute atomic E-state index is 13.0. The minimum absolute atomic E-state index is 0.205. The molecule has 4 nitrogen and oxygen atoms in total. The van der Waals surface area contributed by atoms with Gasteiger partial charge in [-0.3, -0.25) is 4.90 Å². The van der Waals surface area contributed by atoms with E-state index in [-0.39, 0.29) is 5.82 Å². The van der Waals surface area contributed by atoms with Gasteiger partial charge in [0.15, 0.2) is 0 Å². The van der Waals surface area contributed by atoms with Gasteiger partial charge in [-0.15, -0.1) is 0 Å². The van der Waals surface area contributed by atoms with Crippen LogP contribution in [0, 0.1) is 5.82 Å². The maximum atomic E-state index is 13.0. The second-order valence-electron chi connectivity index (χ2n) is 5.26. The van der Waals surface area contributed by atoms with Crippen molar-refractivity contribution in [3.8, 4) is 5.75 Å². The number of rotatable bonds is 3. The van der Waals surface area contributed by atoms with Crippen molar-refractivity contribution in [3.05, 3.63) is 53.0 Å². The molecule has 0 atom stereocenters. The molecule has 0 saturated carbocycles. The summed E-state index contributed by atoms with van der Waals surface area (Å²) in [5.74, 6) is 1.17. The van der Waals surface area contributed by atoms with Crippen molar-refractivity contribution in [2.45, 2.75) is 19.5 Å². The first kappa shape index (κ1) is 13.8. The van der Waals surface area contributed by atoms with Crippen LogP contribution in [0.1, 0.15) is 16.7 Å². The Morgan fingerprint density at radius 2 is 2.05 bits per heavy atom. The normalized spacial score (nSPS) is 14.8. The van der Waals surface area contributed by atoms with Gasteiger partial charge in [-0.1, -0.05) is 12.1 Å². The fourth-order valence-corrected chi connectivity index (χ4v) is 2.77. The average molecular weight is 287 g/mol. The van der Waals surface area contributed by atoms with Crippen LogP contribution in [0.4, 0.5) is 10.2 Å². The monoisotopic (exact) mass is 287 g/mol. The van der Waals surface area contributed by atoms with Crippen LogP contribution in [0.25, 0.3) is 0 Å². The minimum atomic E-state index is -0.205. The highest BCUT2D eigenvalue weighted by Crippen LogP contribution is 2.31. The van der Waals surface area contributed by atoms with E-state index in [0.717, 1.165) is 48.5 Å². The van der Waals surface area contributed by atoms with E-state index in [1.807, 2.05) is 12.1 Å². The molecule has 2 aromatic rings. The number of ether oxygens (including phenoxy) is 1.